The Balaban J connectivity index is 2.12. The smallest absolute Gasteiger partial charge is 0.00994 e. The van der Waals surface area contributed by atoms with Crippen LogP contribution in [0.5, 0.6) is 0 Å². The number of allylic oxidation sites excluding steroid dienone is 4. The van der Waals surface area contributed by atoms with Crippen LogP contribution in [-0.2, 0) is 0 Å². The second-order valence-corrected chi connectivity index (χ2v) is 5.28. The molecule has 2 aliphatic rings. The number of rotatable bonds is 2. The summed E-state index contributed by atoms with van der Waals surface area (Å²) in [5.74, 6) is 3.33. The molecule has 0 N–H and O–H groups in total. The summed E-state index contributed by atoms with van der Waals surface area (Å²) in [5, 5.41) is 0. The number of hydrogen-bond donors (Lipinski definition) is 0. The van der Waals surface area contributed by atoms with Crippen molar-refractivity contribution in [1.82, 2.24) is 0 Å². The second-order valence-electron chi connectivity index (χ2n) is 5.28. The number of hydrogen-bond acceptors (Lipinski definition) is 0. The first-order valence-electron chi connectivity index (χ1n) is 6.08. The van der Waals surface area contributed by atoms with Crippen molar-refractivity contribution in [3.63, 3.8) is 0 Å². The Hall–Kier alpha value is -0.520. The highest BCUT2D eigenvalue weighted by molar-refractivity contribution is 5.32. The van der Waals surface area contributed by atoms with Gasteiger partial charge in [-0.25, -0.2) is 0 Å². The molecular weight excluding hydrogens is 168 g/mol. The molecule has 0 amide bonds. The van der Waals surface area contributed by atoms with Crippen LogP contribution in [0.25, 0.3) is 0 Å². The molecule has 0 saturated carbocycles. The zero-order chi connectivity index (χ0) is 10.1. The molecule has 0 aliphatic heterocycles. The third-order valence-electron chi connectivity index (χ3n) is 4.16. The quantitative estimate of drug-likeness (QED) is 0.612. The van der Waals surface area contributed by atoms with Gasteiger partial charge < -0.3 is 0 Å². The minimum atomic E-state index is 0.811. The van der Waals surface area contributed by atoms with Gasteiger partial charge in [0, 0.05) is 0 Å². The molecule has 0 aromatic rings. The van der Waals surface area contributed by atoms with E-state index in [0.29, 0.717) is 0 Å². The van der Waals surface area contributed by atoms with Gasteiger partial charge >= 0.3 is 0 Å². The Morgan fingerprint density at radius 1 is 1.29 bits per heavy atom. The van der Waals surface area contributed by atoms with Gasteiger partial charge in [-0.3, -0.25) is 0 Å². The maximum absolute atomic E-state index is 2.46. The van der Waals surface area contributed by atoms with E-state index in [-0.39, 0.29) is 0 Å². The average Bonchev–Trinajstić information content (AvgIpc) is 2.60. The van der Waals surface area contributed by atoms with Crippen molar-refractivity contribution in [2.75, 3.05) is 0 Å². The molecule has 0 bridgehead atoms. The maximum Gasteiger partial charge on any atom is -0.00994 e. The summed E-state index contributed by atoms with van der Waals surface area (Å²) < 4.78 is 0. The molecule has 0 heterocycles. The molecule has 0 heteroatoms. The van der Waals surface area contributed by atoms with Crippen molar-refractivity contribution in [3.05, 3.63) is 23.8 Å². The lowest BCUT2D eigenvalue weighted by atomic mass is 9.74. The summed E-state index contributed by atoms with van der Waals surface area (Å²) in [6, 6.07) is 0. The first-order chi connectivity index (χ1) is 6.70. The Bertz CT molecular complexity index is 257. The zero-order valence-electron chi connectivity index (χ0n) is 9.66. The van der Waals surface area contributed by atoms with Crippen molar-refractivity contribution in [3.8, 4) is 0 Å². The van der Waals surface area contributed by atoms with Gasteiger partial charge in [0.2, 0.25) is 0 Å². The molecule has 0 fully saturated rings. The SMILES string of the molecule is CC(C)C(C)C1C=CC2=CCCCC21. The predicted molar refractivity (Wildman–Crippen MR) is 62.1 cm³/mol. The molecule has 0 aromatic carbocycles. The van der Waals surface area contributed by atoms with Gasteiger partial charge in [0.15, 0.2) is 0 Å². The van der Waals surface area contributed by atoms with Gasteiger partial charge in [-0.05, 0) is 48.5 Å². The Morgan fingerprint density at radius 2 is 2.07 bits per heavy atom. The highest BCUT2D eigenvalue weighted by Gasteiger charge is 2.32. The van der Waals surface area contributed by atoms with Crippen LogP contribution in [-0.4, -0.2) is 0 Å². The highest BCUT2D eigenvalue weighted by atomic mass is 14.4. The first-order valence-corrected chi connectivity index (χ1v) is 6.08. The van der Waals surface area contributed by atoms with Crippen LogP contribution in [0.2, 0.25) is 0 Å². The summed E-state index contributed by atoms with van der Waals surface area (Å²) in [7, 11) is 0. The van der Waals surface area contributed by atoms with E-state index in [1.807, 2.05) is 0 Å². The summed E-state index contributed by atoms with van der Waals surface area (Å²) in [5.41, 5.74) is 1.63. The summed E-state index contributed by atoms with van der Waals surface area (Å²) in [4.78, 5) is 0. The molecule has 3 atom stereocenters. The Labute approximate surface area is 88.1 Å². The second kappa shape index (κ2) is 3.92. The van der Waals surface area contributed by atoms with Gasteiger partial charge in [0.25, 0.3) is 0 Å². The lowest BCUT2D eigenvalue weighted by Gasteiger charge is -2.30. The van der Waals surface area contributed by atoms with Crippen LogP contribution in [0.4, 0.5) is 0 Å². The maximum atomic E-state index is 2.46. The van der Waals surface area contributed by atoms with E-state index >= 15 is 0 Å². The molecule has 2 aliphatic carbocycles. The van der Waals surface area contributed by atoms with E-state index in [1.165, 1.54) is 19.3 Å². The van der Waals surface area contributed by atoms with Gasteiger partial charge in [0.1, 0.15) is 0 Å². The Morgan fingerprint density at radius 3 is 2.79 bits per heavy atom. The molecule has 78 valence electrons. The normalized spacial score (nSPS) is 33.0. The third-order valence-corrected chi connectivity index (χ3v) is 4.16. The van der Waals surface area contributed by atoms with Crippen molar-refractivity contribution >= 4 is 0 Å². The van der Waals surface area contributed by atoms with Crippen LogP contribution >= 0.6 is 0 Å². The molecule has 0 radical (unpaired) electrons. The topological polar surface area (TPSA) is 0 Å². The monoisotopic (exact) mass is 190 g/mol. The lowest BCUT2D eigenvalue weighted by Crippen LogP contribution is -2.22. The molecule has 2 rings (SSSR count). The molecular formula is C14H22. The minimum absolute atomic E-state index is 0.811. The van der Waals surface area contributed by atoms with Crippen LogP contribution in [0.3, 0.4) is 0 Å². The van der Waals surface area contributed by atoms with E-state index in [1.54, 1.807) is 5.57 Å². The third kappa shape index (κ3) is 1.67. The van der Waals surface area contributed by atoms with E-state index in [9.17, 15) is 0 Å². The van der Waals surface area contributed by atoms with Gasteiger partial charge in [-0.15, -0.1) is 0 Å². The lowest BCUT2D eigenvalue weighted by molar-refractivity contribution is 0.259. The van der Waals surface area contributed by atoms with Gasteiger partial charge in [-0.2, -0.15) is 0 Å². The fraction of sp³-hybridized carbons (Fsp3) is 0.714. The van der Waals surface area contributed by atoms with Crippen LogP contribution in [0.15, 0.2) is 23.8 Å². The average molecular weight is 190 g/mol. The van der Waals surface area contributed by atoms with Crippen LogP contribution in [0, 0.1) is 23.7 Å². The zero-order valence-corrected chi connectivity index (χ0v) is 9.66. The minimum Gasteiger partial charge on any atom is -0.0810 e. The molecule has 14 heavy (non-hydrogen) atoms. The van der Waals surface area contributed by atoms with Crippen LogP contribution in [0.1, 0.15) is 40.0 Å². The van der Waals surface area contributed by atoms with E-state index < -0.39 is 0 Å². The standard InChI is InChI=1S/C14H22/c1-10(2)11(3)13-9-8-12-6-4-5-7-14(12)13/h6,8-11,13-14H,4-5,7H2,1-3H3. The van der Waals surface area contributed by atoms with Crippen molar-refractivity contribution < 1.29 is 0 Å². The van der Waals surface area contributed by atoms with Gasteiger partial charge in [-0.1, -0.05) is 39.0 Å². The fourth-order valence-corrected chi connectivity index (χ4v) is 2.87. The number of fused-ring (bicyclic) bond motifs is 1. The van der Waals surface area contributed by atoms with Gasteiger partial charge in [0.05, 0.1) is 0 Å². The molecule has 0 aromatic heterocycles. The van der Waals surface area contributed by atoms with Crippen molar-refractivity contribution in [2.24, 2.45) is 23.7 Å². The largest absolute Gasteiger partial charge is 0.0810 e. The van der Waals surface area contributed by atoms with Crippen molar-refractivity contribution in [1.29, 1.82) is 0 Å². The highest BCUT2D eigenvalue weighted by Crippen LogP contribution is 2.42. The van der Waals surface area contributed by atoms with Crippen molar-refractivity contribution in [2.45, 2.75) is 40.0 Å². The predicted octanol–water partition coefficient (Wildman–Crippen LogP) is 4.19. The summed E-state index contributed by atoms with van der Waals surface area (Å²) >= 11 is 0. The van der Waals surface area contributed by atoms with E-state index in [0.717, 1.165) is 23.7 Å². The van der Waals surface area contributed by atoms with Crippen LogP contribution < -0.4 is 0 Å². The first kappa shape index (κ1) is 10.0. The molecule has 0 nitrogen and oxygen atoms in total. The fourth-order valence-electron chi connectivity index (χ4n) is 2.87. The Kier molecular flexibility index (Phi) is 2.80. The molecule has 3 unspecified atom stereocenters. The summed E-state index contributed by atoms with van der Waals surface area (Å²) in [6.07, 6.45) is 11.4. The molecule has 0 spiro atoms. The molecule has 0 saturated heterocycles. The van der Waals surface area contributed by atoms with E-state index in [2.05, 4.69) is 39.0 Å². The summed E-state index contributed by atoms with van der Waals surface area (Å²) in [6.45, 7) is 7.11. The van der Waals surface area contributed by atoms with E-state index in [4.69, 9.17) is 0 Å².